The molecule has 1 aromatic heterocycles. The van der Waals surface area contributed by atoms with Gasteiger partial charge in [-0.05, 0) is 24.8 Å². The predicted molar refractivity (Wildman–Crippen MR) is 57.1 cm³/mol. The Morgan fingerprint density at radius 1 is 1.62 bits per heavy atom. The van der Waals surface area contributed by atoms with Crippen molar-refractivity contribution in [3.05, 3.63) is 12.3 Å². The molecule has 2 N–H and O–H groups in total. The SMILES string of the molecule is Cn1nccc1S(=O)(=O)NCC1CC(O)C1. The van der Waals surface area contributed by atoms with E-state index in [1.165, 1.54) is 16.9 Å². The molecule has 7 heteroatoms. The number of aliphatic hydroxyl groups excluding tert-OH is 1. The van der Waals surface area contributed by atoms with Crippen molar-refractivity contribution < 1.29 is 13.5 Å². The molecule has 0 aromatic carbocycles. The number of aryl methyl sites for hydroxylation is 1. The molecule has 16 heavy (non-hydrogen) atoms. The van der Waals surface area contributed by atoms with Crippen molar-refractivity contribution in [2.45, 2.75) is 24.0 Å². The van der Waals surface area contributed by atoms with Crippen molar-refractivity contribution in [1.29, 1.82) is 0 Å². The van der Waals surface area contributed by atoms with E-state index in [1.54, 1.807) is 7.05 Å². The van der Waals surface area contributed by atoms with Crippen molar-refractivity contribution in [2.24, 2.45) is 13.0 Å². The molecule has 0 saturated heterocycles. The van der Waals surface area contributed by atoms with Crippen LogP contribution < -0.4 is 4.72 Å². The number of nitrogens with one attached hydrogen (secondary N) is 1. The third-order valence-electron chi connectivity index (χ3n) is 2.82. The van der Waals surface area contributed by atoms with Gasteiger partial charge >= 0.3 is 0 Å². The van der Waals surface area contributed by atoms with Gasteiger partial charge in [0.05, 0.1) is 12.3 Å². The summed E-state index contributed by atoms with van der Waals surface area (Å²) in [6, 6.07) is 1.46. The van der Waals surface area contributed by atoms with Crippen LogP contribution in [0.5, 0.6) is 0 Å². The van der Waals surface area contributed by atoms with Crippen molar-refractivity contribution >= 4 is 10.0 Å². The van der Waals surface area contributed by atoms with Crippen LogP contribution in [-0.4, -0.2) is 36.0 Å². The van der Waals surface area contributed by atoms with E-state index >= 15 is 0 Å². The highest BCUT2D eigenvalue weighted by Crippen LogP contribution is 2.26. The third kappa shape index (κ3) is 2.26. The quantitative estimate of drug-likeness (QED) is 0.747. The number of sulfonamides is 1. The molecule has 1 fully saturated rings. The molecule has 0 radical (unpaired) electrons. The standard InChI is InChI=1S/C9H15N3O3S/c1-12-9(2-3-10-12)16(14,15)11-6-7-4-8(13)5-7/h2-3,7-8,11,13H,4-6H2,1H3. The van der Waals surface area contributed by atoms with Crippen LogP contribution in [0.1, 0.15) is 12.8 Å². The molecule has 1 aromatic rings. The summed E-state index contributed by atoms with van der Waals surface area (Å²) in [6.45, 7) is 0.380. The summed E-state index contributed by atoms with van der Waals surface area (Å²) in [7, 11) is -1.88. The first-order chi connectivity index (χ1) is 7.49. The lowest BCUT2D eigenvalue weighted by molar-refractivity contribution is 0.0453. The fourth-order valence-electron chi connectivity index (χ4n) is 1.79. The zero-order valence-corrected chi connectivity index (χ0v) is 9.81. The Bertz CT molecular complexity index is 462. The number of hydrogen-bond donors (Lipinski definition) is 2. The van der Waals surface area contributed by atoms with Gasteiger partial charge < -0.3 is 5.11 Å². The first-order valence-electron chi connectivity index (χ1n) is 5.15. The van der Waals surface area contributed by atoms with Crippen LogP contribution in [0.2, 0.25) is 0 Å². The number of aliphatic hydroxyl groups is 1. The number of hydrogen-bond acceptors (Lipinski definition) is 4. The number of aromatic nitrogens is 2. The van der Waals surface area contributed by atoms with Gasteiger partial charge in [-0.25, -0.2) is 13.1 Å². The molecule has 1 saturated carbocycles. The van der Waals surface area contributed by atoms with Crippen LogP contribution in [0.15, 0.2) is 17.3 Å². The lowest BCUT2D eigenvalue weighted by Crippen LogP contribution is -2.38. The third-order valence-corrected chi connectivity index (χ3v) is 4.32. The monoisotopic (exact) mass is 245 g/mol. The molecule has 0 aliphatic heterocycles. The summed E-state index contributed by atoms with van der Waals surface area (Å²) in [5.74, 6) is 0.248. The minimum Gasteiger partial charge on any atom is -0.393 e. The van der Waals surface area contributed by atoms with Crippen LogP contribution in [0, 0.1) is 5.92 Å². The van der Waals surface area contributed by atoms with Gasteiger partial charge in [0, 0.05) is 13.6 Å². The summed E-state index contributed by atoms with van der Waals surface area (Å²) in [6.07, 6.45) is 2.54. The second-order valence-corrected chi connectivity index (χ2v) is 5.85. The first kappa shape index (κ1) is 11.6. The van der Waals surface area contributed by atoms with Gasteiger partial charge in [0.25, 0.3) is 10.0 Å². The van der Waals surface area contributed by atoms with E-state index in [2.05, 4.69) is 9.82 Å². The highest BCUT2D eigenvalue weighted by atomic mass is 32.2. The second-order valence-electron chi connectivity index (χ2n) is 4.14. The van der Waals surface area contributed by atoms with Gasteiger partial charge in [-0.3, -0.25) is 4.68 Å². The molecule has 0 unspecified atom stereocenters. The van der Waals surface area contributed by atoms with Crippen LogP contribution >= 0.6 is 0 Å². The first-order valence-corrected chi connectivity index (χ1v) is 6.63. The van der Waals surface area contributed by atoms with E-state index in [4.69, 9.17) is 5.11 Å². The molecule has 1 aliphatic carbocycles. The molecule has 0 amide bonds. The minimum atomic E-state index is -3.47. The van der Waals surface area contributed by atoms with Crippen molar-refractivity contribution in [3.8, 4) is 0 Å². The molecule has 2 rings (SSSR count). The average Bonchev–Trinajstić information content (AvgIpc) is 2.58. The molecule has 0 atom stereocenters. The fraction of sp³-hybridized carbons (Fsp3) is 0.667. The summed E-state index contributed by atoms with van der Waals surface area (Å²) in [4.78, 5) is 0. The number of nitrogens with zero attached hydrogens (tertiary/aromatic N) is 2. The van der Waals surface area contributed by atoms with Crippen LogP contribution in [0.3, 0.4) is 0 Å². The maximum absolute atomic E-state index is 11.8. The Morgan fingerprint density at radius 2 is 2.31 bits per heavy atom. The maximum atomic E-state index is 11.8. The molecular weight excluding hydrogens is 230 g/mol. The summed E-state index contributed by atoms with van der Waals surface area (Å²) in [5, 5.41) is 13.1. The maximum Gasteiger partial charge on any atom is 0.257 e. The predicted octanol–water partition coefficient (Wildman–Crippen LogP) is -0.531. The summed E-state index contributed by atoms with van der Waals surface area (Å²) < 4.78 is 27.5. The van der Waals surface area contributed by atoms with Crippen molar-refractivity contribution in [1.82, 2.24) is 14.5 Å². The largest absolute Gasteiger partial charge is 0.393 e. The number of rotatable bonds is 4. The molecule has 0 bridgehead atoms. The van der Waals surface area contributed by atoms with E-state index in [0.29, 0.717) is 19.4 Å². The fourth-order valence-corrected chi connectivity index (χ4v) is 3.03. The Labute approximate surface area is 94.3 Å². The van der Waals surface area contributed by atoms with Gasteiger partial charge in [0.2, 0.25) is 0 Å². The molecule has 0 spiro atoms. The van der Waals surface area contributed by atoms with E-state index in [-0.39, 0.29) is 17.0 Å². The average molecular weight is 245 g/mol. The Balaban J connectivity index is 1.96. The lowest BCUT2D eigenvalue weighted by atomic mass is 9.83. The second kappa shape index (κ2) is 4.15. The zero-order chi connectivity index (χ0) is 11.8. The van der Waals surface area contributed by atoms with Gasteiger partial charge in [-0.2, -0.15) is 5.10 Å². The van der Waals surface area contributed by atoms with Gasteiger partial charge in [0.1, 0.15) is 0 Å². The van der Waals surface area contributed by atoms with Crippen molar-refractivity contribution in [2.75, 3.05) is 6.54 Å². The Morgan fingerprint density at radius 3 is 2.81 bits per heavy atom. The zero-order valence-electron chi connectivity index (χ0n) is 9.00. The van der Waals surface area contributed by atoms with E-state index in [0.717, 1.165) is 0 Å². The normalized spacial score (nSPS) is 25.4. The van der Waals surface area contributed by atoms with Gasteiger partial charge in [-0.1, -0.05) is 0 Å². The van der Waals surface area contributed by atoms with Crippen LogP contribution in [-0.2, 0) is 17.1 Å². The summed E-state index contributed by atoms with van der Waals surface area (Å²) in [5.41, 5.74) is 0. The van der Waals surface area contributed by atoms with E-state index in [9.17, 15) is 8.42 Å². The highest BCUT2D eigenvalue weighted by molar-refractivity contribution is 7.89. The van der Waals surface area contributed by atoms with Crippen LogP contribution in [0.25, 0.3) is 0 Å². The van der Waals surface area contributed by atoms with Gasteiger partial charge in [-0.15, -0.1) is 0 Å². The highest BCUT2D eigenvalue weighted by Gasteiger charge is 2.28. The molecule has 6 nitrogen and oxygen atoms in total. The summed E-state index contributed by atoms with van der Waals surface area (Å²) >= 11 is 0. The Kier molecular flexibility index (Phi) is 3.00. The van der Waals surface area contributed by atoms with E-state index < -0.39 is 10.0 Å². The molecule has 90 valence electrons. The lowest BCUT2D eigenvalue weighted by Gasteiger charge is -2.31. The van der Waals surface area contributed by atoms with Crippen molar-refractivity contribution in [3.63, 3.8) is 0 Å². The van der Waals surface area contributed by atoms with Gasteiger partial charge in [0.15, 0.2) is 5.03 Å². The molecule has 1 heterocycles. The smallest absolute Gasteiger partial charge is 0.257 e. The van der Waals surface area contributed by atoms with Crippen LogP contribution in [0.4, 0.5) is 0 Å². The topological polar surface area (TPSA) is 84.2 Å². The molecule has 1 aliphatic rings. The van der Waals surface area contributed by atoms with E-state index in [1.807, 2.05) is 0 Å². The molecular formula is C9H15N3O3S. The Hall–Kier alpha value is -0.920. The minimum absolute atomic E-state index is 0.160.